The maximum absolute atomic E-state index is 5.71. The lowest BCUT2D eigenvalue weighted by atomic mass is 10.1. The number of oxazole rings is 1. The summed E-state index contributed by atoms with van der Waals surface area (Å²) in [5, 5.41) is 3.43. The molecule has 0 bridgehead atoms. The lowest BCUT2D eigenvalue weighted by Gasteiger charge is -2.20. The summed E-state index contributed by atoms with van der Waals surface area (Å²) in [5.41, 5.74) is 0. The van der Waals surface area contributed by atoms with Crippen molar-refractivity contribution in [3.63, 3.8) is 0 Å². The van der Waals surface area contributed by atoms with Gasteiger partial charge in [0.05, 0.1) is 12.2 Å². The van der Waals surface area contributed by atoms with Crippen LogP contribution in [0.1, 0.15) is 56.7 Å². The molecule has 1 aromatic rings. The monoisotopic (exact) mass is 194 g/mol. The first-order chi connectivity index (χ1) is 6.77. The number of rotatable bonds is 2. The average Bonchev–Trinajstić information content (AvgIpc) is 2.68. The maximum atomic E-state index is 5.71. The molecule has 1 aliphatic heterocycles. The minimum atomic E-state index is 0.344. The molecule has 3 nitrogen and oxygen atoms in total. The zero-order valence-electron chi connectivity index (χ0n) is 8.92. The Bertz CT molecular complexity index is 287. The van der Waals surface area contributed by atoms with Crippen LogP contribution >= 0.6 is 0 Å². The first-order valence-electron chi connectivity index (χ1n) is 5.46. The van der Waals surface area contributed by atoms with Crippen molar-refractivity contribution in [2.24, 2.45) is 0 Å². The van der Waals surface area contributed by atoms with Gasteiger partial charge >= 0.3 is 0 Å². The highest BCUT2D eigenvalue weighted by molar-refractivity contribution is 5.02. The summed E-state index contributed by atoms with van der Waals surface area (Å²) in [4.78, 5) is 4.33. The lowest BCUT2D eigenvalue weighted by Crippen LogP contribution is -2.26. The van der Waals surface area contributed by atoms with Crippen molar-refractivity contribution in [3.05, 3.63) is 17.8 Å². The summed E-state index contributed by atoms with van der Waals surface area (Å²) in [7, 11) is 0. The Kier molecular flexibility index (Phi) is 2.87. The van der Waals surface area contributed by atoms with E-state index in [0.29, 0.717) is 12.0 Å². The molecule has 1 aromatic heterocycles. The van der Waals surface area contributed by atoms with Gasteiger partial charge in [0.1, 0.15) is 5.76 Å². The molecular formula is C11H18N2O. The number of nitrogens with zero attached hydrogens (tertiary/aromatic N) is 1. The maximum Gasteiger partial charge on any atom is 0.211 e. The predicted molar refractivity (Wildman–Crippen MR) is 55.2 cm³/mol. The Morgan fingerprint density at radius 2 is 2.36 bits per heavy atom. The van der Waals surface area contributed by atoms with Gasteiger partial charge in [0.15, 0.2) is 0 Å². The number of piperidine rings is 1. The molecule has 1 aliphatic rings. The Hall–Kier alpha value is -0.830. The Morgan fingerprint density at radius 3 is 2.93 bits per heavy atom. The van der Waals surface area contributed by atoms with Gasteiger partial charge in [-0.2, -0.15) is 0 Å². The fraction of sp³-hybridized carbons (Fsp3) is 0.727. The van der Waals surface area contributed by atoms with Gasteiger partial charge in [0, 0.05) is 5.92 Å². The van der Waals surface area contributed by atoms with E-state index >= 15 is 0 Å². The molecule has 1 atom stereocenters. The SMILES string of the molecule is CC(C)c1cnc(C2CCCCN2)o1. The first kappa shape index (κ1) is 9.71. The molecular weight excluding hydrogens is 176 g/mol. The van der Waals surface area contributed by atoms with E-state index in [9.17, 15) is 0 Å². The number of nitrogens with one attached hydrogen (secondary N) is 1. The molecule has 0 radical (unpaired) electrons. The smallest absolute Gasteiger partial charge is 0.211 e. The second-order valence-electron chi connectivity index (χ2n) is 4.26. The van der Waals surface area contributed by atoms with Crippen molar-refractivity contribution in [3.8, 4) is 0 Å². The molecule has 0 aromatic carbocycles. The van der Waals surface area contributed by atoms with Crippen LogP contribution in [-0.2, 0) is 0 Å². The Morgan fingerprint density at radius 1 is 1.50 bits per heavy atom. The van der Waals surface area contributed by atoms with Crippen LogP contribution in [0.5, 0.6) is 0 Å². The van der Waals surface area contributed by atoms with Crippen molar-refractivity contribution in [2.45, 2.75) is 45.1 Å². The lowest BCUT2D eigenvalue weighted by molar-refractivity contribution is 0.325. The minimum Gasteiger partial charge on any atom is -0.444 e. The molecule has 2 rings (SSSR count). The van der Waals surface area contributed by atoms with Crippen LogP contribution in [-0.4, -0.2) is 11.5 Å². The molecule has 1 N–H and O–H groups in total. The number of aromatic nitrogens is 1. The molecule has 1 fully saturated rings. The highest BCUT2D eigenvalue weighted by Crippen LogP contribution is 2.24. The largest absolute Gasteiger partial charge is 0.444 e. The van der Waals surface area contributed by atoms with Crippen LogP contribution in [0.15, 0.2) is 10.6 Å². The van der Waals surface area contributed by atoms with Gasteiger partial charge in [-0.3, -0.25) is 0 Å². The molecule has 1 unspecified atom stereocenters. The first-order valence-corrected chi connectivity index (χ1v) is 5.46. The third-order valence-corrected chi connectivity index (χ3v) is 2.72. The highest BCUT2D eigenvalue weighted by atomic mass is 16.4. The zero-order chi connectivity index (χ0) is 9.97. The van der Waals surface area contributed by atoms with Gasteiger partial charge in [-0.15, -0.1) is 0 Å². The summed E-state index contributed by atoms with van der Waals surface area (Å²) in [5.74, 6) is 2.29. The van der Waals surface area contributed by atoms with Crippen LogP contribution in [0.2, 0.25) is 0 Å². The topological polar surface area (TPSA) is 38.1 Å². The van der Waals surface area contributed by atoms with E-state index in [2.05, 4.69) is 24.1 Å². The van der Waals surface area contributed by atoms with Crippen molar-refractivity contribution in [1.82, 2.24) is 10.3 Å². The molecule has 78 valence electrons. The fourth-order valence-electron chi connectivity index (χ4n) is 1.79. The summed E-state index contributed by atoms with van der Waals surface area (Å²) in [6, 6.07) is 0.344. The van der Waals surface area contributed by atoms with Gasteiger partial charge in [-0.1, -0.05) is 20.3 Å². The zero-order valence-corrected chi connectivity index (χ0v) is 8.92. The van der Waals surface area contributed by atoms with Crippen molar-refractivity contribution < 1.29 is 4.42 Å². The van der Waals surface area contributed by atoms with Crippen molar-refractivity contribution in [2.75, 3.05) is 6.54 Å². The summed E-state index contributed by atoms with van der Waals surface area (Å²) in [6.45, 7) is 5.33. The molecule has 1 saturated heterocycles. The minimum absolute atomic E-state index is 0.344. The average molecular weight is 194 g/mol. The standard InChI is InChI=1S/C11H18N2O/c1-8(2)10-7-13-11(14-10)9-5-3-4-6-12-9/h7-9,12H,3-6H2,1-2H3. The molecule has 3 heteroatoms. The van der Waals surface area contributed by atoms with Crippen LogP contribution in [0.25, 0.3) is 0 Å². The van der Waals surface area contributed by atoms with Crippen LogP contribution in [0.3, 0.4) is 0 Å². The fourth-order valence-corrected chi connectivity index (χ4v) is 1.79. The van der Waals surface area contributed by atoms with E-state index < -0.39 is 0 Å². The van der Waals surface area contributed by atoms with Crippen molar-refractivity contribution >= 4 is 0 Å². The third kappa shape index (κ3) is 1.98. The summed E-state index contributed by atoms with van der Waals surface area (Å²) >= 11 is 0. The van der Waals surface area contributed by atoms with Crippen molar-refractivity contribution in [1.29, 1.82) is 0 Å². The van der Waals surface area contributed by atoms with Gasteiger partial charge in [0.25, 0.3) is 0 Å². The molecule has 0 saturated carbocycles. The quantitative estimate of drug-likeness (QED) is 0.786. The molecule has 2 heterocycles. The molecule has 0 aliphatic carbocycles. The highest BCUT2D eigenvalue weighted by Gasteiger charge is 2.19. The molecule has 0 spiro atoms. The molecule has 0 amide bonds. The Balaban J connectivity index is 2.07. The van der Waals surface area contributed by atoms with E-state index in [0.717, 1.165) is 24.6 Å². The van der Waals surface area contributed by atoms with E-state index in [1.165, 1.54) is 12.8 Å². The second-order valence-corrected chi connectivity index (χ2v) is 4.26. The number of hydrogen-bond donors (Lipinski definition) is 1. The van der Waals surface area contributed by atoms with Gasteiger partial charge in [-0.05, 0) is 19.4 Å². The Labute approximate surface area is 84.9 Å². The van der Waals surface area contributed by atoms with Crippen LogP contribution in [0.4, 0.5) is 0 Å². The van der Waals surface area contributed by atoms with Crippen LogP contribution < -0.4 is 5.32 Å². The summed E-state index contributed by atoms with van der Waals surface area (Å²) in [6.07, 6.45) is 5.56. The second kappa shape index (κ2) is 4.13. The third-order valence-electron chi connectivity index (χ3n) is 2.72. The van der Waals surface area contributed by atoms with E-state index in [1.54, 1.807) is 0 Å². The predicted octanol–water partition coefficient (Wildman–Crippen LogP) is 2.61. The number of hydrogen-bond acceptors (Lipinski definition) is 3. The van der Waals surface area contributed by atoms with Gasteiger partial charge < -0.3 is 9.73 Å². The summed E-state index contributed by atoms with van der Waals surface area (Å²) < 4.78 is 5.71. The van der Waals surface area contributed by atoms with E-state index in [-0.39, 0.29) is 0 Å². The van der Waals surface area contributed by atoms with Gasteiger partial charge in [0.2, 0.25) is 5.89 Å². The van der Waals surface area contributed by atoms with Gasteiger partial charge in [-0.25, -0.2) is 4.98 Å². The van der Waals surface area contributed by atoms with Crippen LogP contribution in [0, 0.1) is 0 Å². The van der Waals surface area contributed by atoms with E-state index in [1.807, 2.05) is 6.20 Å². The van der Waals surface area contributed by atoms with E-state index in [4.69, 9.17) is 4.42 Å². The normalized spacial score (nSPS) is 22.9. The molecule has 14 heavy (non-hydrogen) atoms.